The maximum Gasteiger partial charge on any atom is 0.0226 e. The number of rotatable bonds is 2. The largest absolute Gasteiger partial charge is 0.301 e. The quantitative estimate of drug-likeness (QED) is 0.671. The summed E-state index contributed by atoms with van der Waals surface area (Å²) in [5, 5.41) is 0. The van der Waals surface area contributed by atoms with Crippen LogP contribution in [0.2, 0.25) is 0 Å². The molecule has 0 aromatic rings. The molecule has 2 nitrogen and oxygen atoms in total. The second kappa shape index (κ2) is 4.63. The minimum Gasteiger partial charge on any atom is -0.301 e. The van der Waals surface area contributed by atoms with Gasteiger partial charge in [0.1, 0.15) is 0 Å². The number of piperazine rings is 1. The predicted octanol–water partition coefficient (Wildman–Crippen LogP) is 2.20. The van der Waals surface area contributed by atoms with E-state index in [4.69, 9.17) is 0 Å². The van der Waals surface area contributed by atoms with Crippen LogP contribution in [0, 0.1) is 0 Å². The zero-order valence-corrected chi connectivity index (χ0v) is 10.5. The average Bonchev–Trinajstić information content (AvgIpc) is 2.15. The highest BCUT2D eigenvalue weighted by Gasteiger charge is 2.32. The summed E-state index contributed by atoms with van der Waals surface area (Å²) in [6, 6.07) is 0.753. The van der Waals surface area contributed by atoms with Crippen molar-refractivity contribution in [3.8, 4) is 0 Å². The third-order valence-electron chi connectivity index (χ3n) is 3.35. The van der Waals surface area contributed by atoms with E-state index in [-0.39, 0.29) is 0 Å². The Labute approximate surface area is 89.3 Å². The Morgan fingerprint density at radius 1 is 1.14 bits per heavy atom. The smallest absolute Gasteiger partial charge is 0.0226 e. The van der Waals surface area contributed by atoms with Gasteiger partial charge in [-0.1, -0.05) is 13.8 Å². The Bertz CT molecular complexity index is 172. The molecule has 0 bridgehead atoms. The van der Waals surface area contributed by atoms with Gasteiger partial charge in [0.15, 0.2) is 0 Å². The van der Waals surface area contributed by atoms with Crippen molar-refractivity contribution in [3.63, 3.8) is 0 Å². The Balaban J connectivity index is 2.61. The molecule has 1 rings (SSSR count). The maximum absolute atomic E-state index is 2.67. The van der Waals surface area contributed by atoms with Crippen molar-refractivity contribution in [2.45, 2.75) is 52.6 Å². The van der Waals surface area contributed by atoms with E-state index in [2.05, 4.69) is 44.4 Å². The van der Waals surface area contributed by atoms with Gasteiger partial charge in [-0.15, -0.1) is 0 Å². The molecule has 14 heavy (non-hydrogen) atoms. The molecule has 0 N–H and O–H groups in total. The first kappa shape index (κ1) is 12.0. The van der Waals surface area contributed by atoms with Crippen molar-refractivity contribution < 1.29 is 0 Å². The van der Waals surface area contributed by atoms with E-state index in [1.165, 1.54) is 32.6 Å². The Morgan fingerprint density at radius 2 is 1.79 bits per heavy atom. The number of nitrogens with zero attached hydrogens (tertiary/aromatic N) is 2. The van der Waals surface area contributed by atoms with E-state index < -0.39 is 0 Å². The van der Waals surface area contributed by atoms with Crippen molar-refractivity contribution in [2.75, 3.05) is 26.2 Å². The zero-order chi connectivity index (χ0) is 10.8. The topological polar surface area (TPSA) is 6.48 Å². The van der Waals surface area contributed by atoms with Gasteiger partial charge in [-0.2, -0.15) is 0 Å². The first-order chi connectivity index (χ1) is 6.49. The molecule has 0 amide bonds. The fraction of sp³-hybridized carbons (Fsp3) is 1.00. The molecule has 1 heterocycles. The van der Waals surface area contributed by atoms with Gasteiger partial charge in [0, 0.05) is 31.2 Å². The van der Waals surface area contributed by atoms with Gasteiger partial charge in [-0.05, 0) is 33.7 Å². The lowest BCUT2D eigenvalue weighted by Crippen LogP contribution is -2.58. The van der Waals surface area contributed by atoms with Gasteiger partial charge in [0.2, 0.25) is 0 Å². The van der Waals surface area contributed by atoms with Crippen molar-refractivity contribution in [1.29, 1.82) is 0 Å². The monoisotopic (exact) mass is 198 g/mol. The van der Waals surface area contributed by atoms with Crippen molar-refractivity contribution in [1.82, 2.24) is 9.80 Å². The SMILES string of the molecule is CCC1CN(CC)CCN1C(C)(C)C. The summed E-state index contributed by atoms with van der Waals surface area (Å²) < 4.78 is 0. The molecule has 0 saturated carbocycles. The van der Waals surface area contributed by atoms with Crippen LogP contribution in [-0.4, -0.2) is 47.6 Å². The summed E-state index contributed by atoms with van der Waals surface area (Å²) in [7, 11) is 0. The molecule has 0 radical (unpaired) electrons. The summed E-state index contributed by atoms with van der Waals surface area (Å²) >= 11 is 0. The molecular formula is C12H26N2. The third kappa shape index (κ3) is 2.71. The van der Waals surface area contributed by atoms with Crippen molar-refractivity contribution in [2.24, 2.45) is 0 Å². The van der Waals surface area contributed by atoms with E-state index in [0.29, 0.717) is 5.54 Å². The summed E-state index contributed by atoms with van der Waals surface area (Å²) in [5.74, 6) is 0. The van der Waals surface area contributed by atoms with E-state index in [1.807, 2.05) is 0 Å². The molecular weight excluding hydrogens is 172 g/mol. The van der Waals surface area contributed by atoms with Crippen LogP contribution >= 0.6 is 0 Å². The van der Waals surface area contributed by atoms with E-state index >= 15 is 0 Å². The molecule has 1 aliphatic heterocycles. The van der Waals surface area contributed by atoms with Gasteiger partial charge in [-0.25, -0.2) is 0 Å². The molecule has 1 saturated heterocycles. The number of likely N-dealkylation sites (N-methyl/N-ethyl adjacent to an activating group) is 1. The highest BCUT2D eigenvalue weighted by Crippen LogP contribution is 2.22. The van der Waals surface area contributed by atoms with Crippen LogP contribution in [0.25, 0.3) is 0 Å². The fourth-order valence-electron chi connectivity index (χ4n) is 2.44. The standard InChI is InChI=1S/C12H26N2/c1-6-11-10-13(7-2)8-9-14(11)12(3,4)5/h11H,6-10H2,1-5H3. The van der Waals surface area contributed by atoms with Crippen LogP contribution in [0.1, 0.15) is 41.0 Å². The summed E-state index contributed by atoms with van der Waals surface area (Å²) in [4.78, 5) is 5.23. The van der Waals surface area contributed by atoms with Gasteiger partial charge in [0.25, 0.3) is 0 Å². The number of hydrogen-bond acceptors (Lipinski definition) is 2. The summed E-state index contributed by atoms with van der Waals surface area (Å²) in [5.41, 5.74) is 0.334. The van der Waals surface area contributed by atoms with Gasteiger partial charge >= 0.3 is 0 Å². The average molecular weight is 198 g/mol. The van der Waals surface area contributed by atoms with Gasteiger partial charge < -0.3 is 4.90 Å². The van der Waals surface area contributed by atoms with E-state index in [1.54, 1.807) is 0 Å². The molecule has 1 unspecified atom stereocenters. The predicted molar refractivity (Wildman–Crippen MR) is 62.7 cm³/mol. The minimum absolute atomic E-state index is 0.334. The lowest BCUT2D eigenvalue weighted by molar-refractivity contribution is 0.0103. The summed E-state index contributed by atoms with van der Waals surface area (Å²) in [6.45, 7) is 16.5. The van der Waals surface area contributed by atoms with Crippen LogP contribution < -0.4 is 0 Å². The minimum atomic E-state index is 0.334. The molecule has 84 valence electrons. The van der Waals surface area contributed by atoms with Crippen LogP contribution in [0.15, 0.2) is 0 Å². The Morgan fingerprint density at radius 3 is 2.21 bits per heavy atom. The van der Waals surface area contributed by atoms with Crippen molar-refractivity contribution in [3.05, 3.63) is 0 Å². The lowest BCUT2D eigenvalue weighted by Gasteiger charge is -2.47. The zero-order valence-electron chi connectivity index (χ0n) is 10.5. The van der Waals surface area contributed by atoms with Crippen LogP contribution in [-0.2, 0) is 0 Å². The van der Waals surface area contributed by atoms with Crippen LogP contribution in [0.4, 0.5) is 0 Å². The summed E-state index contributed by atoms with van der Waals surface area (Å²) in [6.07, 6.45) is 1.27. The highest BCUT2D eigenvalue weighted by atomic mass is 15.3. The third-order valence-corrected chi connectivity index (χ3v) is 3.35. The van der Waals surface area contributed by atoms with Gasteiger partial charge in [0.05, 0.1) is 0 Å². The molecule has 0 aliphatic carbocycles. The molecule has 1 aliphatic rings. The highest BCUT2D eigenvalue weighted by molar-refractivity contribution is 4.88. The van der Waals surface area contributed by atoms with Crippen molar-refractivity contribution >= 4 is 0 Å². The normalized spacial score (nSPS) is 26.8. The lowest BCUT2D eigenvalue weighted by atomic mass is 9.99. The maximum atomic E-state index is 2.67. The molecule has 2 heteroatoms. The fourth-order valence-corrected chi connectivity index (χ4v) is 2.44. The van der Waals surface area contributed by atoms with E-state index in [0.717, 1.165) is 6.04 Å². The van der Waals surface area contributed by atoms with Crippen LogP contribution in [0.5, 0.6) is 0 Å². The molecule has 0 spiro atoms. The molecule has 0 aromatic carbocycles. The number of hydrogen-bond donors (Lipinski definition) is 0. The molecule has 1 fully saturated rings. The second-order valence-corrected chi connectivity index (χ2v) is 5.32. The first-order valence-corrected chi connectivity index (χ1v) is 5.98. The molecule has 1 atom stereocenters. The molecule has 0 aromatic heterocycles. The van der Waals surface area contributed by atoms with Gasteiger partial charge in [-0.3, -0.25) is 4.90 Å². The Kier molecular flexibility index (Phi) is 3.96. The Hall–Kier alpha value is -0.0800. The van der Waals surface area contributed by atoms with E-state index in [9.17, 15) is 0 Å². The van der Waals surface area contributed by atoms with Crippen LogP contribution in [0.3, 0.4) is 0 Å². The second-order valence-electron chi connectivity index (χ2n) is 5.32. The first-order valence-electron chi connectivity index (χ1n) is 5.98.